The van der Waals surface area contributed by atoms with Crippen molar-refractivity contribution in [2.75, 3.05) is 19.7 Å². The van der Waals surface area contributed by atoms with Gasteiger partial charge in [0.1, 0.15) is 12.4 Å². The van der Waals surface area contributed by atoms with E-state index in [1.165, 1.54) is 0 Å². The zero-order valence-electron chi connectivity index (χ0n) is 12.5. The molecule has 4 nitrogen and oxygen atoms in total. The number of benzene rings is 2. The van der Waals surface area contributed by atoms with E-state index in [-0.39, 0.29) is 13.2 Å². The molecule has 122 valence electrons. The molecule has 1 unspecified atom stereocenters. The van der Waals surface area contributed by atoms with Crippen LogP contribution in [0.25, 0.3) is 10.8 Å². The molecular formula is C17H18F2N2O2. The van der Waals surface area contributed by atoms with Crippen molar-refractivity contribution in [3.63, 3.8) is 0 Å². The average molecular weight is 320 g/mol. The Morgan fingerprint density at radius 3 is 2.83 bits per heavy atom. The van der Waals surface area contributed by atoms with E-state index in [1.54, 1.807) is 0 Å². The molecular weight excluding hydrogens is 302 g/mol. The maximum atomic E-state index is 13.0. The minimum absolute atomic E-state index is 0.270. The number of rotatable bonds is 5. The summed E-state index contributed by atoms with van der Waals surface area (Å²) in [6.07, 6.45) is -0.455. The number of halogens is 2. The molecule has 1 amide bonds. The molecule has 1 aliphatic rings. The molecule has 2 aromatic rings. The Labute approximate surface area is 132 Å². The quantitative estimate of drug-likeness (QED) is 0.832. The second-order valence-corrected chi connectivity index (χ2v) is 5.61. The lowest BCUT2D eigenvalue weighted by Gasteiger charge is -2.12. The number of hydrogen-bond donors (Lipinski definition) is 2. The molecule has 3 rings (SSSR count). The zero-order valence-corrected chi connectivity index (χ0v) is 12.5. The van der Waals surface area contributed by atoms with Crippen LogP contribution in [0.3, 0.4) is 0 Å². The summed E-state index contributed by atoms with van der Waals surface area (Å²) in [5, 5.41) is 7.22. The molecule has 2 aromatic carbocycles. The lowest BCUT2D eigenvalue weighted by atomic mass is 10.1. The Hall–Kier alpha value is -2.21. The van der Waals surface area contributed by atoms with Gasteiger partial charge >= 0.3 is 0 Å². The maximum Gasteiger partial charge on any atom is 0.262 e. The van der Waals surface area contributed by atoms with E-state index in [1.807, 2.05) is 42.5 Å². The number of amides is 1. The van der Waals surface area contributed by atoms with Crippen LogP contribution in [-0.4, -0.2) is 37.6 Å². The first-order valence-corrected chi connectivity index (χ1v) is 7.55. The summed E-state index contributed by atoms with van der Waals surface area (Å²) in [6.45, 7) is 0.103. The van der Waals surface area contributed by atoms with Crippen LogP contribution in [0.1, 0.15) is 6.42 Å². The largest absolute Gasteiger partial charge is 0.491 e. The van der Waals surface area contributed by atoms with E-state index < -0.39 is 30.8 Å². The molecule has 1 fully saturated rings. The second-order valence-electron chi connectivity index (χ2n) is 5.61. The van der Waals surface area contributed by atoms with Gasteiger partial charge in [0, 0.05) is 11.8 Å². The first-order valence-electron chi connectivity index (χ1n) is 7.55. The van der Waals surface area contributed by atoms with E-state index in [2.05, 4.69) is 10.6 Å². The number of alkyl halides is 2. The van der Waals surface area contributed by atoms with Crippen molar-refractivity contribution in [3.8, 4) is 5.75 Å². The molecule has 0 aliphatic carbocycles. The Kier molecular flexibility index (Phi) is 4.43. The van der Waals surface area contributed by atoms with Gasteiger partial charge in [-0.05, 0) is 11.5 Å². The Morgan fingerprint density at radius 1 is 1.26 bits per heavy atom. The molecule has 0 bridgehead atoms. The SMILES string of the molecule is O=C(NCCOc1cccc2ccccc12)C1CC(F)(F)CN1. The highest BCUT2D eigenvalue weighted by atomic mass is 19.3. The monoisotopic (exact) mass is 320 g/mol. The molecule has 0 saturated carbocycles. The number of hydrogen-bond acceptors (Lipinski definition) is 3. The van der Waals surface area contributed by atoms with Gasteiger partial charge in [-0.3, -0.25) is 10.1 Å². The van der Waals surface area contributed by atoms with Crippen LogP contribution >= 0.6 is 0 Å². The van der Waals surface area contributed by atoms with Gasteiger partial charge < -0.3 is 10.1 Å². The standard InChI is InChI=1S/C17H18F2N2O2/c18-17(19)10-14(21-11-17)16(22)20-8-9-23-15-7-3-5-12-4-1-2-6-13(12)15/h1-7,14,21H,8-11H2,(H,20,22). The lowest BCUT2D eigenvalue weighted by molar-refractivity contribution is -0.123. The van der Waals surface area contributed by atoms with Gasteiger partial charge in [-0.25, -0.2) is 8.78 Å². The third-order valence-electron chi connectivity index (χ3n) is 3.83. The fourth-order valence-electron chi connectivity index (χ4n) is 2.68. The van der Waals surface area contributed by atoms with Gasteiger partial charge in [-0.2, -0.15) is 0 Å². The summed E-state index contributed by atoms with van der Waals surface area (Å²) in [5.74, 6) is -2.48. The normalized spacial score (nSPS) is 19.7. The Bertz CT molecular complexity index is 701. The van der Waals surface area contributed by atoms with Crippen LogP contribution in [0.15, 0.2) is 42.5 Å². The molecule has 23 heavy (non-hydrogen) atoms. The van der Waals surface area contributed by atoms with Crippen LogP contribution in [0, 0.1) is 0 Å². The second kappa shape index (κ2) is 6.50. The minimum atomic E-state index is -2.80. The molecule has 0 radical (unpaired) electrons. The first-order chi connectivity index (χ1) is 11.1. The van der Waals surface area contributed by atoms with Crippen molar-refractivity contribution >= 4 is 16.7 Å². The lowest BCUT2D eigenvalue weighted by Crippen LogP contribution is -2.41. The van der Waals surface area contributed by atoms with E-state index in [0.717, 1.165) is 16.5 Å². The van der Waals surface area contributed by atoms with Gasteiger partial charge in [0.05, 0.1) is 19.1 Å². The number of carbonyl (C=O) groups excluding carboxylic acids is 1. The summed E-state index contributed by atoms with van der Waals surface area (Å²) in [5.41, 5.74) is 0. The van der Waals surface area contributed by atoms with Crippen LogP contribution in [0.5, 0.6) is 5.75 Å². The highest BCUT2D eigenvalue weighted by molar-refractivity contribution is 5.88. The van der Waals surface area contributed by atoms with Crippen LogP contribution in [-0.2, 0) is 4.79 Å². The minimum Gasteiger partial charge on any atom is -0.491 e. The predicted molar refractivity (Wildman–Crippen MR) is 83.8 cm³/mol. The van der Waals surface area contributed by atoms with Crippen LogP contribution in [0.2, 0.25) is 0 Å². The third kappa shape index (κ3) is 3.76. The van der Waals surface area contributed by atoms with Gasteiger partial charge in [0.15, 0.2) is 0 Å². The first kappa shape index (κ1) is 15.7. The summed E-state index contributed by atoms with van der Waals surface area (Å²) < 4.78 is 31.8. The maximum absolute atomic E-state index is 13.0. The van der Waals surface area contributed by atoms with E-state index in [9.17, 15) is 13.6 Å². The molecule has 1 heterocycles. The van der Waals surface area contributed by atoms with Crippen LogP contribution in [0.4, 0.5) is 8.78 Å². The summed E-state index contributed by atoms with van der Waals surface area (Å²) in [6, 6.07) is 12.8. The zero-order chi connectivity index (χ0) is 16.3. The van der Waals surface area contributed by atoms with E-state index >= 15 is 0 Å². The number of ether oxygens (including phenoxy) is 1. The molecule has 1 atom stereocenters. The van der Waals surface area contributed by atoms with Crippen molar-refractivity contribution in [1.29, 1.82) is 0 Å². The number of nitrogens with one attached hydrogen (secondary N) is 2. The molecule has 1 aliphatic heterocycles. The van der Waals surface area contributed by atoms with Gasteiger partial charge in [-0.1, -0.05) is 36.4 Å². The molecule has 0 aromatic heterocycles. The molecule has 2 N–H and O–H groups in total. The van der Waals surface area contributed by atoms with E-state index in [4.69, 9.17) is 4.74 Å². The highest BCUT2D eigenvalue weighted by Gasteiger charge is 2.42. The summed E-state index contributed by atoms with van der Waals surface area (Å²) >= 11 is 0. The highest BCUT2D eigenvalue weighted by Crippen LogP contribution is 2.26. The van der Waals surface area contributed by atoms with Gasteiger partial charge in [0.2, 0.25) is 5.91 Å². The molecule has 6 heteroatoms. The summed E-state index contributed by atoms with van der Waals surface area (Å²) in [4.78, 5) is 11.8. The smallest absolute Gasteiger partial charge is 0.262 e. The van der Waals surface area contributed by atoms with Crippen molar-refractivity contribution in [1.82, 2.24) is 10.6 Å². The van der Waals surface area contributed by atoms with E-state index in [0.29, 0.717) is 0 Å². The number of fused-ring (bicyclic) bond motifs is 1. The van der Waals surface area contributed by atoms with Gasteiger partial charge in [0.25, 0.3) is 5.92 Å². The van der Waals surface area contributed by atoms with Crippen molar-refractivity contribution in [3.05, 3.63) is 42.5 Å². The summed E-state index contributed by atoms with van der Waals surface area (Å²) in [7, 11) is 0. The average Bonchev–Trinajstić information content (AvgIpc) is 2.91. The van der Waals surface area contributed by atoms with Gasteiger partial charge in [-0.15, -0.1) is 0 Å². The van der Waals surface area contributed by atoms with Crippen molar-refractivity contribution in [2.45, 2.75) is 18.4 Å². The van der Waals surface area contributed by atoms with Crippen LogP contribution < -0.4 is 15.4 Å². The topological polar surface area (TPSA) is 50.4 Å². The fourth-order valence-corrected chi connectivity index (χ4v) is 2.68. The predicted octanol–water partition coefficient (Wildman–Crippen LogP) is 2.33. The fraction of sp³-hybridized carbons (Fsp3) is 0.353. The third-order valence-corrected chi connectivity index (χ3v) is 3.83. The van der Waals surface area contributed by atoms with Crippen molar-refractivity contribution in [2.24, 2.45) is 0 Å². The molecule has 1 saturated heterocycles. The number of carbonyl (C=O) groups is 1. The Balaban J connectivity index is 1.49. The van der Waals surface area contributed by atoms with Crippen molar-refractivity contribution < 1.29 is 18.3 Å². The Morgan fingerprint density at radius 2 is 2.04 bits per heavy atom. The molecule has 0 spiro atoms.